The van der Waals surface area contributed by atoms with Crippen molar-refractivity contribution in [3.8, 4) is 0 Å². The topological polar surface area (TPSA) is 29.9 Å². The van der Waals surface area contributed by atoms with Crippen LogP contribution in [-0.4, -0.2) is 16.8 Å². The quantitative estimate of drug-likeness (QED) is 0.720. The van der Waals surface area contributed by atoms with E-state index in [1.54, 1.807) is 0 Å². The van der Waals surface area contributed by atoms with Gasteiger partial charge >= 0.3 is 0 Å². The van der Waals surface area contributed by atoms with Crippen LogP contribution in [-0.2, 0) is 7.05 Å². The average molecular weight is 167 g/mol. The van der Waals surface area contributed by atoms with E-state index in [4.69, 9.17) is 0 Å². The van der Waals surface area contributed by atoms with Gasteiger partial charge in [0.1, 0.15) is 0 Å². The summed E-state index contributed by atoms with van der Waals surface area (Å²) in [6.45, 7) is 6.30. The molecule has 0 saturated carbocycles. The summed E-state index contributed by atoms with van der Waals surface area (Å²) in [6, 6.07) is 0.388. The SMILES string of the molecule is CN[C@@H](C)c1c(C)nn(C)c1C. The van der Waals surface area contributed by atoms with Crippen LogP contribution >= 0.6 is 0 Å². The van der Waals surface area contributed by atoms with Gasteiger partial charge in [-0.2, -0.15) is 5.10 Å². The highest BCUT2D eigenvalue weighted by Crippen LogP contribution is 2.19. The van der Waals surface area contributed by atoms with Crippen LogP contribution in [0.15, 0.2) is 0 Å². The van der Waals surface area contributed by atoms with E-state index in [1.807, 2.05) is 18.8 Å². The molecule has 0 aliphatic heterocycles. The summed E-state index contributed by atoms with van der Waals surface area (Å²) in [7, 11) is 3.95. The predicted octanol–water partition coefficient (Wildman–Crippen LogP) is 1.32. The fourth-order valence-electron chi connectivity index (χ4n) is 1.56. The molecule has 0 aromatic carbocycles. The maximum absolute atomic E-state index is 4.36. The third-order valence-corrected chi connectivity index (χ3v) is 2.43. The summed E-state index contributed by atoms with van der Waals surface area (Å²) < 4.78 is 1.93. The van der Waals surface area contributed by atoms with E-state index in [9.17, 15) is 0 Å². The monoisotopic (exact) mass is 167 g/mol. The Balaban J connectivity index is 3.13. The van der Waals surface area contributed by atoms with Crippen LogP contribution in [0, 0.1) is 13.8 Å². The van der Waals surface area contributed by atoms with Crippen molar-refractivity contribution in [1.29, 1.82) is 0 Å². The zero-order valence-electron chi connectivity index (χ0n) is 8.47. The van der Waals surface area contributed by atoms with Gasteiger partial charge in [0.05, 0.1) is 5.69 Å². The van der Waals surface area contributed by atoms with Gasteiger partial charge in [0.25, 0.3) is 0 Å². The van der Waals surface area contributed by atoms with E-state index >= 15 is 0 Å². The molecule has 3 heteroatoms. The molecule has 3 nitrogen and oxygen atoms in total. The predicted molar refractivity (Wildman–Crippen MR) is 50.2 cm³/mol. The van der Waals surface area contributed by atoms with Gasteiger partial charge in [-0.25, -0.2) is 0 Å². The molecule has 1 aromatic rings. The molecule has 12 heavy (non-hydrogen) atoms. The minimum Gasteiger partial charge on any atom is -0.313 e. The van der Waals surface area contributed by atoms with Crippen LogP contribution in [0.25, 0.3) is 0 Å². The van der Waals surface area contributed by atoms with Gasteiger partial charge in [-0.1, -0.05) is 0 Å². The minimum absolute atomic E-state index is 0.388. The van der Waals surface area contributed by atoms with E-state index < -0.39 is 0 Å². The van der Waals surface area contributed by atoms with Crippen molar-refractivity contribution in [2.45, 2.75) is 26.8 Å². The fraction of sp³-hybridized carbons (Fsp3) is 0.667. The molecule has 0 unspecified atom stereocenters. The van der Waals surface area contributed by atoms with Crippen LogP contribution < -0.4 is 5.32 Å². The first-order chi connectivity index (χ1) is 5.57. The highest BCUT2D eigenvalue weighted by atomic mass is 15.3. The molecule has 68 valence electrons. The Labute approximate surface area is 73.8 Å². The zero-order chi connectivity index (χ0) is 9.30. The number of aromatic nitrogens is 2. The highest BCUT2D eigenvalue weighted by Gasteiger charge is 2.13. The number of rotatable bonds is 2. The van der Waals surface area contributed by atoms with E-state index in [1.165, 1.54) is 11.3 Å². The Kier molecular flexibility index (Phi) is 2.52. The van der Waals surface area contributed by atoms with Gasteiger partial charge in [0.2, 0.25) is 0 Å². The van der Waals surface area contributed by atoms with Crippen molar-refractivity contribution < 1.29 is 0 Å². The Hall–Kier alpha value is -0.830. The normalized spacial score (nSPS) is 13.4. The standard InChI is InChI=1S/C9H17N3/c1-6(10-4)9-7(2)11-12(5)8(9)3/h6,10H,1-5H3/t6-/m0/s1. The lowest BCUT2D eigenvalue weighted by Crippen LogP contribution is -2.14. The summed E-state index contributed by atoms with van der Waals surface area (Å²) >= 11 is 0. The summed E-state index contributed by atoms with van der Waals surface area (Å²) in [5.74, 6) is 0. The summed E-state index contributed by atoms with van der Waals surface area (Å²) in [5, 5.41) is 7.58. The van der Waals surface area contributed by atoms with Gasteiger partial charge in [-0.15, -0.1) is 0 Å². The molecular weight excluding hydrogens is 150 g/mol. The summed E-state index contributed by atoms with van der Waals surface area (Å²) in [6.07, 6.45) is 0. The van der Waals surface area contributed by atoms with Crippen LogP contribution in [0.5, 0.6) is 0 Å². The number of nitrogens with one attached hydrogen (secondary N) is 1. The van der Waals surface area contributed by atoms with E-state index in [0.29, 0.717) is 6.04 Å². The molecule has 0 spiro atoms. The zero-order valence-corrected chi connectivity index (χ0v) is 8.47. The highest BCUT2D eigenvalue weighted by molar-refractivity contribution is 5.27. The lowest BCUT2D eigenvalue weighted by molar-refractivity contribution is 0.641. The molecule has 0 radical (unpaired) electrons. The second kappa shape index (κ2) is 3.27. The Morgan fingerprint density at radius 1 is 1.42 bits per heavy atom. The summed E-state index contributed by atoms with van der Waals surface area (Å²) in [4.78, 5) is 0. The molecular formula is C9H17N3. The Bertz CT molecular complexity index is 276. The largest absolute Gasteiger partial charge is 0.313 e. The van der Waals surface area contributed by atoms with Crippen molar-refractivity contribution in [3.05, 3.63) is 17.0 Å². The molecule has 1 atom stereocenters. The molecule has 1 rings (SSSR count). The number of nitrogens with zero attached hydrogens (tertiary/aromatic N) is 2. The van der Waals surface area contributed by atoms with Crippen LogP contribution in [0.4, 0.5) is 0 Å². The van der Waals surface area contributed by atoms with Gasteiger partial charge in [0.15, 0.2) is 0 Å². The van der Waals surface area contributed by atoms with E-state index in [-0.39, 0.29) is 0 Å². The molecule has 0 aliphatic carbocycles. The lowest BCUT2D eigenvalue weighted by Gasteiger charge is -2.10. The van der Waals surface area contributed by atoms with Crippen molar-refractivity contribution >= 4 is 0 Å². The van der Waals surface area contributed by atoms with Crippen LogP contribution in [0.3, 0.4) is 0 Å². The Morgan fingerprint density at radius 3 is 2.33 bits per heavy atom. The minimum atomic E-state index is 0.388. The maximum Gasteiger partial charge on any atom is 0.0644 e. The molecule has 0 bridgehead atoms. The smallest absolute Gasteiger partial charge is 0.0644 e. The van der Waals surface area contributed by atoms with Gasteiger partial charge in [0, 0.05) is 24.3 Å². The van der Waals surface area contributed by atoms with E-state index in [2.05, 4.69) is 31.2 Å². The second-order valence-corrected chi connectivity index (χ2v) is 3.22. The van der Waals surface area contributed by atoms with Gasteiger partial charge < -0.3 is 5.32 Å². The molecule has 1 aromatic heterocycles. The van der Waals surface area contributed by atoms with E-state index in [0.717, 1.165) is 5.69 Å². The lowest BCUT2D eigenvalue weighted by atomic mass is 10.1. The first-order valence-electron chi connectivity index (χ1n) is 4.25. The fourth-order valence-corrected chi connectivity index (χ4v) is 1.56. The third-order valence-electron chi connectivity index (χ3n) is 2.43. The number of hydrogen-bond acceptors (Lipinski definition) is 2. The molecule has 1 N–H and O–H groups in total. The average Bonchev–Trinajstić information content (AvgIpc) is 2.26. The Morgan fingerprint density at radius 2 is 2.00 bits per heavy atom. The first-order valence-corrected chi connectivity index (χ1v) is 4.25. The maximum atomic E-state index is 4.36. The van der Waals surface area contributed by atoms with Crippen LogP contribution in [0.1, 0.15) is 29.9 Å². The molecule has 0 amide bonds. The molecule has 1 heterocycles. The van der Waals surface area contributed by atoms with Gasteiger partial charge in [-0.05, 0) is 27.8 Å². The second-order valence-electron chi connectivity index (χ2n) is 3.22. The number of hydrogen-bond donors (Lipinski definition) is 1. The third kappa shape index (κ3) is 1.37. The number of aryl methyl sites for hydroxylation is 2. The van der Waals surface area contributed by atoms with Gasteiger partial charge in [-0.3, -0.25) is 4.68 Å². The van der Waals surface area contributed by atoms with Crippen molar-refractivity contribution in [3.63, 3.8) is 0 Å². The molecule has 0 aliphatic rings. The van der Waals surface area contributed by atoms with Crippen molar-refractivity contribution in [1.82, 2.24) is 15.1 Å². The van der Waals surface area contributed by atoms with Crippen LogP contribution in [0.2, 0.25) is 0 Å². The molecule has 0 fully saturated rings. The summed E-state index contributed by atoms with van der Waals surface area (Å²) in [5.41, 5.74) is 3.69. The molecule has 0 saturated heterocycles. The van der Waals surface area contributed by atoms with Crippen molar-refractivity contribution in [2.24, 2.45) is 7.05 Å². The van der Waals surface area contributed by atoms with Crippen molar-refractivity contribution in [2.75, 3.05) is 7.05 Å². The first kappa shape index (κ1) is 9.26.